The maximum absolute atomic E-state index is 11.5. The Morgan fingerprint density at radius 1 is 1.14 bits per heavy atom. The van der Waals surface area contributed by atoms with E-state index in [1.54, 1.807) is 6.92 Å². The Hall–Kier alpha value is -0.440. The van der Waals surface area contributed by atoms with Crippen LogP contribution >= 0.6 is 25.3 Å². The van der Waals surface area contributed by atoms with Gasteiger partial charge in [-0.3, -0.25) is 9.59 Å². The van der Waals surface area contributed by atoms with E-state index in [0.29, 0.717) is 12.2 Å². The van der Waals surface area contributed by atoms with Gasteiger partial charge in [-0.1, -0.05) is 6.92 Å². The number of hydrogen-bond acceptors (Lipinski definition) is 8. The number of carbonyl (C=O) groups excluding carboxylic acids is 2. The molecular formula is C13H24O6S2. The predicted octanol–water partition coefficient (Wildman–Crippen LogP) is 0.462. The topological polar surface area (TPSA) is 93.1 Å². The number of esters is 2. The number of ether oxygens (including phenoxy) is 2. The predicted molar refractivity (Wildman–Crippen MR) is 84.7 cm³/mol. The van der Waals surface area contributed by atoms with Gasteiger partial charge in [0.1, 0.15) is 13.2 Å². The highest BCUT2D eigenvalue weighted by atomic mass is 32.1. The molecule has 0 fully saturated rings. The van der Waals surface area contributed by atoms with Crippen molar-refractivity contribution in [3.8, 4) is 0 Å². The van der Waals surface area contributed by atoms with Gasteiger partial charge in [-0.2, -0.15) is 25.3 Å². The van der Waals surface area contributed by atoms with Gasteiger partial charge in [0.25, 0.3) is 0 Å². The molecule has 0 aromatic rings. The molecule has 0 radical (unpaired) electrons. The summed E-state index contributed by atoms with van der Waals surface area (Å²) in [6.07, 6.45) is 0.924. The van der Waals surface area contributed by atoms with Crippen LogP contribution in [0.4, 0.5) is 0 Å². The summed E-state index contributed by atoms with van der Waals surface area (Å²) in [4.78, 5) is 22.9. The lowest BCUT2D eigenvalue weighted by Crippen LogP contribution is -2.41. The van der Waals surface area contributed by atoms with Crippen LogP contribution in [-0.2, 0) is 19.1 Å². The zero-order chi connectivity index (χ0) is 16.3. The summed E-state index contributed by atoms with van der Waals surface area (Å²) in [6, 6.07) is 0. The van der Waals surface area contributed by atoms with Gasteiger partial charge >= 0.3 is 11.9 Å². The minimum atomic E-state index is -1.19. The van der Waals surface area contributed by atoms with Crippen molar-refractivity contribution in [2.45, 2.75) is 31.4 Å². The van der Waals surface area contributed by atoms with Crippen molar-refractivity contribution in [2.24, 2.45) is 5.41 Å². The van der Waals surface area contributed by atoms with E-state index in [1.165, 1.54) is 0 Å². The lowest BCUT2D eigenvalue weighted by Gasteiger charge is -2.28. The largest absolute Gasteiger partial charge is 0.465 e. The van der Waals surface area contributed by atoms with Crippen LogP contribution in [-0.4, -0.2) is 59.6 Å². The molecule has 0 amide bonds. The summed E-state index contributed by atoms with van der Waals surface area (Å²) >= 11 is 8.06. The first-order chi connectivity index (χ1) is 9.89. The molecule has 0 aromatic carbocycles. The zero-order valence-corrected chi connectivity index (χ0v) is 13.9. The first kappa shape index (κ1) is 20.6. The van der Waals surface area contributed by atoms with E-state index in [2.05, 4.69) is 25.3 Å². The van der Waals surface area contributed by atoms with Crippen LogP contribution in [0.15, 0.2) is 0 Å². The molecule has 1 atom stereocenters. The van der Waals surface area contributed by atoms with E-state index in [4.69, 9.17) is 9.47 Å². The number of carbonyl (C=O) groups is 2. The van der Waals surface area contributed by atoms with Crippen molar-refractivity contribution in [3.05, 3.63) is 0 Å². The lowest BCUT2D eigenvalue weighted by atomic mass is 9.92. The third-order valence-electron chi connectivity index (χ3n) is 2.75. The van der Waals surface area contributed by atoms with Gasteiger partial charge in [0, 0.05) is 11.7 Å². The minimum Gasteiger partial charge on any atom is -0.465 e. The van der Waals surface area contributed by atoms with Gasteiger partial charge < -0.3 is 19.7 Å². The third-order valence-corrected chi connectivity index (χ3v) is 3.25. The van der Waals surface area contributed by atoms with Crippen LogP contribution in [0.5, 0.6) is 0 Å². The highest BCUT2D eigenvalue weighted by Crippen LogP contribution is 2.18. The number of rotatable bonds is 11. The number of thiol groups is 2. The maximum atomic E-state index is 11.5. The highest BCUT2D eigenvalue weighted by molar-refractivity contribution is 7.81. The Balaban J connectivity index is 4.35. The number of aliphatic hydroxyl groups excluding tert-OH is 2. The Labute approximate surface area is 136 Å². The van der Waals surface area contributed by atoms with E-state index < -0.39 is 30.6 Å². The average molecular weight is 340 g/mol. The molecule has 0 aliphatic rings. The molecule has 0 saturated carbocycles. The van der Waals surface area contributed by atoms with Gasteiger partial charge in [-0.25, -0.2) is 0 Å². The van der Waals surface area contributed by atoms with Crippen LogP contribution in [0.3, 0.4) is 0 Å². The fourth-order valence-electron chi connectivity index (χ4n) is 1.34. The summed E-state index contributed by atoms with van der Waals surface area (Å²) in [6.45, 7) is 0.382. The van der Waals surface area contributed by atoms with Crippen LogP contribution in [0.2, 0.25) is 0 Å². The highest BCUT2D eigenvalue weighted by Gasteiger charge is 2.33. The molecule has 0 spiro atoms. The van der Waals surface area contributed by atoms with Crippen molar-refractivity contribution in [2.75, 3.05) is 32.2 Å². The minimum absolute atomic E-state index is 0.123. The molecule has 0 aromatic heterocycles. The maximum Gasteiger partial charge on any atom is 0.306 e. The van der Waals surface area contributed by atoms with Crippen molar-refractivity contribution in [1.29, 1.82) is 0 Å². The van der Waals surface area contributed by atoms with Gasteiger partial charge in [-0.05, 0) is 12.2 Å². The second-order valence-electron chi connectivity index (χ2n) is 5.02. The summed E-state index contributed by atoms with van der Waals surface area (Å²) in [7, 11) is 0. The molecule has 21 heavy (non-hydrogen) atoms. The Kier molecular flexibility index (Phi) is 10.9. The SMILES string of the molecule is CC(S)CC(=O)OCC(CO)(CO)COC(=O)CCCS. The molecule has 2 N–H and O–H groups in total. The molecule has 0 saturated heterocycles. The van der Waals surface area contributed by atoms with Crippen LogP contribution in [0.1, 0.15) is 26.2 Å². The van der Waals surface area contributed by atoms with Gasteiger partial charge in [0.15, 0.2) is 0 Å². The summed E-state index contributed by atoms with van der Waals surface area (Å²) in [5.41, 5.74) is -1.19. The molecule has 124 valence electrons. The normalized spacial score (nSPS) is 12.8. The summed E-state index contributed by atoms with van der Waals surface area (Å²) in [5.74, 6) is -0.351. The second-order valence-corrected chi connectivity index (χ2v) is 6.35. The average Bonchev–Trinajstić information content (AvgIpc) is 2.45. The third kappa shape index (κ3) is 9.23. The molecular weight excluding hydrogens is 316 g/mol. The van der Waals surface area contributed by atoms with Gasteiger partial charge in [0.05, 0.1) is 25.0 Å². The number of hydrogen-bond donors (Lipinski definition) is 4. The van der Waals surface area contributed by atoms with Crippen molar-refractivity contribution >= 4 is 37.2 Å². The van der Waals surface area contributed by atoms with Gasteiger partial charge in [0.2, 0.25) is 0 Å². The molecule has 8 heteroatoms. The van der Waals surface area contributed by atoms with Crippen molar-refractivity contribution < 1.29 is 29.3 Å². The molecule has 0 aliphatic carbocycles. The molecule has 6 nitrogen and oxygen atoms in total. The zero-order valence-electron chi connectivity index (χ0n) is 12.2. The first-order valence-corrected chi connectivity index (χ1v) is 7.86. The van der Waals surface area contributed by atoms with Crippen LogP contribution < -0.4 is 0 Å². The fourth-order valence-corrected chi connectivity index (χ4v) is 1.64. The van der Waals surface area contributed by atoms with Crippen molar-refractivity contribution in [3.63, 3.8) is 0 Å². The Morgan fingerprint density at radius 3 is 2.10 bits per heavy atom. The standard InChI is InChI=1S/C13H24O6S2/c1-10(21)5-12(17)19-9-13(6-14,7-15)8-18-11(16)3-2-4-20/h10,14-15,20-21H,2-9H2,1H3. The quantitative estimate of drug-likeness (QED) is 0.323. The molecule has 1 unspecified atom stereocenters. The Bertz CT molecular complexity index is 318. The van der Waals surface area contributed by atoms with Crippen LogP contribution in [0.25, 0.3) is 0 Å². The van der Waals surface area contributed by atoms with E-state index in [9.17, 15) is 19.8 Å². The van der Waals surface area contributed by atoms with E-state index in [-0.39, 0.29) is 31.3 Å². The summed E-state index contributed by atoms with van der Waals surface area (Å²) in [5, 5.41) is 18.6. The summed E-state index contributed by atoms with van der Waals surface area (Å²) < 4.78 is 10.0. The number of aliphatic hydroxyl groups is 2. The Morgan fingerprint density at radius 2 is 1.67 bits per heavy atom. The van der Waals surface area contributed by atoms with Gasteiger partial charge in [-0.15, -0.1) is 0 Å². The second kappa shape index (κ2) is 11.2. The molecule has 0 bridgehead atoms. The molecule has 0 heterocycles. The fraction of sp³-hybridized carbons (Fsp3) is 0.846. The van der Waals surface area contributed by atoms with E-state index >= 15 is 0 Å². The van der Waals surface area contributed by atoms with Crippen molar-refractivity contribution in [1.82, 2.24) is 0 Å². The lowest BCUT2D eigenvalue weighted by molar-refractivity contribution is -0.158. The first-order valence-electron chi connectivity index (χ1n) is 6.71. The van der Waals surface area contributed by atoms with E-state index in [1.807, 2.05) is 0 Å². The monoisotopic (exact) mass is 340 g/mol. The molecule has 0 aliphatic heterocycles. The van der Waals surface area contributed by atoms with Crippen LogP contribution in [0, 0.1) is 5.41 Å². The smallest absolute Gasteiger partial charge is 0.306 e. The molecule has 0 rings (SSSR count). The van der Waals surface area contributed by atoms with E-state index in [0.717, 1.165) is 0 Å².